The first-order valence-corrected chi connectivity index (χ1v) is 15.4. The smallest absolute Gasteiger partial charge is 0.416 e. The van der Waals surface area contributed by atoms with Crippen molar-refractivity contribution in [3.63, 3.8) is 0 Å². The summed E-state index contributed by atoms with van der Waals surface area (Å²) < 4.78 is 93.4. The van der Waals surface area contributed by atoms with Gasteiger partial charge >= 0.3 is 24.4 Å². The normalized spacial score (nSPS) is 18.3. The molecule has 0 aliphatic carbocycles. The van der Waals surface area contributed by atoms with Crippen LogP contribution in [0.5, 0.6) is 5.75 Å². The Morgan fingerprint density at radius 2 is 1.72 bits per heavy atom. The number of halogens is 7. The zero-order valence-electron chi connectivity index (χ0n) is 25.4. The number of anilines is 1. The van der Waals surface area contributed by atoms with Gasteiger partial charge in [0.1, 0.15) is 17.7 Å². The van der Waals surface area contributed by atoms with Gasteiger partial charge in [0, 0.05) is 30.6 Å². The highest BCUT2D eigenvalue weighted by atomic mass is 79.9. The molecule has 47 heavy (non-hydrogen) atoms. The van der Waals surface area contributed by atoms with Crippen molar-refractivity contribution < 1.29 is 50.5 Å². The van der Waals surface area contributed by atoms with E-state index >= 15 is 0 Å². The maximum atomic E-state index is 13.6. The number of carbonyl (C=O) groups is 2. The van der Waals surface area contributed by atoms with Gasteiger partial charge in [0.25, 0.3) is 0 Å². The van der Waals surface area contributed by atoms with E-state index in [2.05, 4.69) is 15.9 Å². The number of hydrogen-bond acceptors (Lipinski definition) is 6. The molecule has 0 spiro atoms. The SMILES string of the molecule is COc1ccc(CCC(=O)O)cc1-c1c(CN2C(=O)O[C@H](c3cc(C(F)(F)F)cc(C(F)(F)F)c3)C2C)nc(N2CCC2)c(Br)c1C. The Morgan fingerprint density at radius 1 is 1.09 bits per heavy atom. The first-order chi connectivity index (χ1) is 22.0. The molecule has 1 amide bonds. The van der Waals surface area contributed by atoms with Gasteiger partial charge in [-0.2, -0.15) is 26.3 Å². The minimum atomic E-state index is -5.07. The summed E-state index contributed by atoms with van der Waals surface area (Å²) in [6.45, 7) is 4.59. The van der Waals surface area contributed by atoms with Crippen LogP contribution in [0.4, 0.5) is 37.0 Å². The number of benzene rings is 2. The summed E-state index contributed by atoms with van der Waals surface area (Å²) >= 11 is 3.66. The Labute approximate surface area is 274 Å². The van der Waals surface area contributed by atoms with E-state index in [-0.39, 0.29) is 25.5 Å². The molecule has 1 unspecified atom stereocenters. The third-order valence-electron chi connectivity index (χ3n) is 8.40. The molecule has 8 nitrogen and oxygen atoms in total. The number of amides is 1. The molecule has 0 saturated carbocycles. The van der Waals surface area contributed by atoms with Crippen LogP contribution in [0.25, 0.3) is 11.1 Å². The highest BCUT2D eigenvalue weighted by molar-refractivity contribution is 9.10. The van der Waals surface area contributed by atoms with Crippen LogP contribution >= 0.6 is 15.9 Å². The Kier molecular flexibility index (Phi) is 9.41. The molecule has 3 heterocycles. The van der Waals surface area contributed by atoms with Crippen LogP contribution in [0.2, 0.25) is 0 Å². The predicted octanol–water partition coefficient (Wildman–Crippen LogP) is 8.18. The highest BCUT2D eigenvalue weighted by Gasteiger charge is 2.44. The molecule has 2 atom stereocenters. The lowest BCUT2D eigenvalue weighted by Gasteiger charge is -2.34. The summed E-state index contributed by atoms with van der Waals surface area (Å²) in [7, 11) is 1.47. The fraction of sp³-hybridized carbons (Fsp3) is 0.406. The Morgan fingerprint density at radius 3 is 2.26 bits per heavy atom. The van der Waals surface area contributed by atoms with Crippen molar-refractivity contribution >= 4 is 33.8 Å². The van der Waals surface area contributed by atoms with Crippen LogP contribution in [-0.4, -0.2) is 53.3 Å². The predicted molar refractivity (Wildman–Crippen MR) is 162 cm³/mol. The van der Waals surface area contributed by atoms with Crippen LogP contribution in [0.15, 0.2) is 40.9 Å². The van der Waals surface area contributed by atoms with E-state index in [0.29, 0.717) is 50.6 Å². The quantitative estimate of drug-likeness (QED) is 0.222. The molecule has 5 rings (SSSR count). The fourth-order valence-corrected chi connectivity index (χ4v) is 6.30. The Balaban J connectivity index is 1.59. The maximum Gasteiger partial charge on any atom is 0.416 e. The second-order valence-electron chi connectivity index (χ2n) is 11.5. The first kappa shape index (κ1) is 34.3. The number of ether oxygens (including phenoxy) is 2. The molecule has 3 aromatic rings. The summed E-state index contributed by atoms with van der Waals surface area (Å²) in [6, 6.07) is 5.39. The molecule has 1 N–H and O–H groups in total. The number of aliphatic carboxylic acids is 1. The van der Waals surface area contributed by atoms with Crippen LogP contribution < -0.4 is 9.64 Å². The van der Waals surface area contributed by atoms with E-state index in [4.69, 9.17) is 14.5 Å². The molecule has 1 aromatic heterocycles. The third kappa shape index (κ3) is 6.99. The molecule has 0 bridgehead atoms. The van der Waals surface area contributed by atoms with Crippen LogP contribution in [-0.2, 0) is 34.8 Å². The topological polar surface area (TPSA) is 92.2 Å². The van der Waals surface area contributed by atoms with Gasteiger partial charge in [0.15, 0.2) is 0 Å². The number of alkyl halides is 6. The molecular formula is C32H30BrF6N3O5. The summed E-state index contributed by atoms with van der Waals surface area (Å²) in [5.74, 6) is 0.0807. The fourth-order valence-electron chi connectivity index (χ4n) is 5.76. The van der Waals surface area contributed by atoms with Crippen molar-refractivity contribution in [1.29, 1.82) is 0 Å². The number of carbonyl (C=O) groups excluding carboxylic acids is 1. The van der Waals surface area contributed by atoms with Crippen LogP contribution in [0, 0.1) is 6.92 Å². The van der Waals surface area contributed by atoms with Gasteiger partial charge in [-0.25, -0.2) is 9.78 Å². The number of hydrogen-bond donors (Lipinski definition) is 1. The number of methoxy groups -OCH3 is 1. The minimum absolute atomic E-state index is 0.0266. The lowest BCUT2D eigenvalue weighted by atomic mass is 9.94. The molecule has 2 aliphatic rings. The summed E-state index contributed by atoms with van der Waals surface area (Å²) in [5, 5.41) is 9.21. The Hall–Kier alpha value is -4.01. The second-order valence-corrected chi connectivity index (χ2v) is 12.3. The summed E-state index contributed by atoms with van der Waals surface area (Å²) in [6.07, 6.45) is -11.4. The standard InChI is InChI=1S/C32H30BrF6N3O5/c1-16-26(22-11-18(6-8-25(43)44)5-7-24(22)46-3)23(40-29(27(16)33)41-9-4-10-41)15-42-17(2)28(47-30(42)45)19-12-20(31(34,35)36)14-21(13-19)32(37,38)39/h5,7,11-14,17,28H,4,6,8-10,15H2,1-3H3,(H,43,44)/t17?,28-/m0/s1. The van der Waals surface area contributed by atoms with Crippen molar-refractivity contribution in [2.45, 2.75) is 64.2 Å². The zero-order chi connectivity index (χ0) is 34.4. The lowest BCUT2D eigenvalue weighted by Crippen LogP contribution is -2.38. The van der Waals surface area contributed by atoms with Crippen molar-refractivity contribution in [2.75, 3.05) is 25.1 Å². The number of rotatable bonds is 9. The van der Waals surface area contributed by atoms with Crippen LogP contribution in [0.1, 0.15) is 59.4 Å². The maximum absolute atomic E-state index is 13.6. The highest BCUT2D eigenvalue weighted by Crippen LogP contribution is 2.45. The van der Waals surface area contributed by atoms with Crippen molar-refractivity contribution in [2.24, 2.45) is 0 Å². The number of nitrogens with zero attached hydrogens (tertiary/aromatic N) is 3. The number of aryl methyl sites for hydroxylation is 1. The zero-order valence-corrected chi connectivity index (χ0v) is 27.0. The molecule has 2 fully saturated rings. The van der Waals surface area contributed by atoms with Gasteiger partial charge in [-0.15, -0.1) is 0 Å². The average Bonchev–Trinajstić information content (AvgIpc) is 3.25. The number of pyridine rings is 1. The minimum Gasteiger partial charge on any atom is -0.496 e. The second kappa shape index (κ2) is 12.9. The third-order valence-corrected chi connectivity index (χ3v) is 9.35. The Bertz CT molecular complexity index is 1680. The van der Waals surface area contributed by atoms with E-state index in [1.165, 1.54) is 18.9 Å². The lowest BCUT2D eigenvalue weighted by molar-refractivity contribution is -0.143. The average molecular weight is 730 g/mol. The van der Waals surface area contributed by atoms with Gasteiger partial charge in [-0.1, -0.05) is 6.07 Å². The molecule has 2 saturated heterocycles. The summed E-state index contributed by atoms with van der Waals surface area (Å²) in [5.41, 5.74) is -0.509. The number of aromatic nitrogens is 1. The largest absolute Gasteiger partial charge is 0.496 e. The van der Waals surface area contributed by atoms with Crippen molar-refractivity contribution in [3.05, 3.63) is 74.4 Å². The van der Waals surface area contributed by atoms with E-state index < -0.39 is 53.3 Å². The van der Waals surface area contributed by atoms with Crippen LogP contribution in [0.3, 0.4) is 0 Å². The first-order valence-electron chi connectivity index (χ1n) is 14.6. The van der Waals surface area contributed by atoms with Gasteiger partial charge in [-0.05, 0) is 89.6 Å². The van der Waals surface area contributed by atoms with E-state index in [9.17, 15) is 41.0 Å². The number of carboxylic acids is 1. The molecule has 15 heteroatoms. The number of carboxylic acid groups (broad SMARTS) is 1. The molecular weight excluding hydrogens is 700 g/mol. The van der Waals surface area contributed by atoms with Gasteiger partial charge in [0.05, 0.1) is 41.0 Å². The number of cyclic esters (lactones) is 1. The van der Waals surface area contributed by atoms with E-state index in [1.807, 2.05) is 11.8 Å². The molecule has 252 valence electrons. The van der Waals surface area contributed by atoms with Gasteiger partial charge in [-0.3, -0.25) is 9.69 Å². The van der Waals surface area contributed by atoms with Crippen molar-refractivity contribution in [3.8, 4) is 16.9 Å². The van der Waals surface area contributed by atoms with E-state index in [1.54, 1.807) is 18.2 Å². The van der Waals surface area contributed by atoms with E-state index in [0.717, 1.165) is 25.1 Å². The van der Waals surface area contributed by atoms with Crippen molar-refractivity contribution in [1.82, 2.24) is 9.88 Å². The van der Waals surface area contributed by atoms with Gasteiger partial charge in [0.2, 0.25) is 0 Å². The van der Waals surface area contributed by atoms with Gasteiger partial charge < -0.3 is 19.5 Å². The molecule has 2 aliphatic heterocycles. The molecule has 0 radical (unpaired) electrons. The summed E-state index contributed by atoms with van der Waals surface area (Å²) in [4.78, 5) is 32.7. The molecule has 2 aromatic carbocycles. The monoisotopic (exact) mass is 729 g/mol.